The lowest BCUT2D eigenvalue weighted by Crippen LogP contribution is -1.93. The Morgan fingerprint density at radius 3 is 2.09 bits per heavy atom. The van der Waals surface area contributed by atoms with Gasteiger partial charge in [0.25, 0.3) is 0 Å². The van der Waals surface area contributed by atoms with Gasteiger partial charge in [0.1, 0.15) is 0 Å². The Labute approximate surface area is 95.0 Å². The van der Waals surface area contributed by atoms with Crippen LogP contribution in [0.5, 0.6) is 0 Å². The third-order valence-electron chi connectivity index (χ3n) is 1.94. The lowest BCUT2D eigenvalue weighted by Gasteiger charge is -2.08. The van der Waals surface area contributed by atoms with Gasteiger partial charge in [-0.3, -0.25) is 0 Å². The summed E-state index contributed by atoms with van der Waals surface area (Å²) < 4.78 is 2.78. The third-order valence-corrected chi connectivity index (χ3v) is 4.72. The summed E-state index contributed by atoms with van der Waals surface area (Å²) in [5.74, 6) is 0. The maximum Gasteiger partial charge on any atom is 0.0192 e. The Balaban J connectivity index is 3.46. The largest absolute Gasteiger partial charge is 0.0446 e. The highest BCUT2D eigenvalue weighted by Crippen LogP contribution is 2.24. The number of hydrogen-bond acceptors (Lipinski definition) is 0. The Morgan fingerprint density at radius 2 is 1.55 bits per heavy atom. The topological polar surface area (TPSA) is 0 Å². The predicted octanol–water partition coefficient (Wildman–Crippen LogP) is 3.82. The van der Waals surface area contributed by atoms with E-state index in [1.54, 1.807) is 0 Å². The molecule has 0 heterocycles. The van der Waals surface area contributed by atoms with Gasteiger partial charge >= 0.3 is 0 Å². The summed E-state index contributed by atoms with van der Waals surface area (Å²) in [4.78, 5) is 0. The van der Waals surface area contributed by atoms with Crippen LogP contribution < -0.4 is 0 Å². The van der Waals surface area contributed by atoms with Gasteiger partial charge in [0.05, 0.1) is 0 Å². The molecule has 0 saturated heterocycles. The van der Waals surface area contributed by atoms with E-state index in [9.17, 15) is 0 Å². The van der Waals surface area contributed by atoms with Gasteiger partial charge in [0.2, 0.25) is 0 Å². The van der Waals surface area contributed by atoms with Crippen LogP contribution in [0, 0.1) is 27.9 Å². The summed E-state index contributed by atoms with van der Waals surface area (Å²) in [5, 5.41) is 0. The minimum atomic E-state index is 1.37. The number of benzene rings is 1. The number of hydrogen-bond donors (Lipinski definition) is 0. The zero-order chi connectivity index (χ0) is 8.59. The first-order valence-electron chi connectivity index (χ1n) is 3.46. The number of halogens is 2. The van der Waals surface area contributed by atoms with Crippen molar-refractivity contribution >= 4 is 45.2 Å². The van der Waals surface area contributed by atoms with Crippen molar-refractivity contribution in [2.45, 2.75) is 20.8 Å². The summed E-state index contributed by atoms with van der Waals surface area (Å²) in [5.41, 5.74) is 4.23. The first kappa shape index (κ1) is 9.77. The molecule has 1 aromatic carbocycles. The molecule has 0 unspecified atom stereocenters. The summed E-state index contributed by atoms with van der Waals surface area (Å²) in [6.45, 7) is 6.53. The first-order valence-corrected chi connectivity index (χ1v) is 5.61. The van der Waals surface area contributed by atoms with Crippen molar-refractivity contribution in [1.82, 2.24) is 0 Å². The average Bonchev–Trinajstić information content (AvgIpc) is 1.97. The van der Waals surface area contributed by atoms with Crippen molar-refractivity contribution in [1.29, 1.82) is 0 Å². The third kappa shape index (κ3) is 1.88. The fraction of sp³-hybridized carbons (Fsp3) is 0.333. The molecule has 0 fully saturated rings. The van der Waals surface area contributed by atoms with Crippen molar-refractivity contribution in [2.24, 2.45) is 0 Å². The van der Waals surface area contributed by atoms with E-state index in [4.69, 9.17) is 0 Å². The molecule has 0 amide bonds. The maximum atomic E-state index is 2.41. The van der Waals surface area contributed by atoms with E-state index in [0.717, 1.165) is 0 Å². The SMILES string of the molecule is Cc1cc(I)c(C)c(C)c1I. The highest BCUT2D eigenvalue weighted by molar-refractivity contribution is 14.1. The second kappa shape index (κ2) is 3.60. The van der Waals surface area contributed by atoms with E-state index >= 15 is 0 Å². The molecule has 0 atom stereocenters. The Kier molecular flexibility index (Phi) is 3.19. The highest BCUT2D eigenvalue weighted by Gasteiger charge is 2.04. The fourth-order valence-electron chi connectivity index (χ4n) is 1.00. The molecule has 0 saturated carbocycles. The number of aryl methyl sites for hydroxylation is 1. The molecular formula is C9H10I2. The molecular weight excluding hydrogens is 362 g/mol. The van der Waals surface area contributed by atoms with E-state index in [1.807, 2.05) is 0 Å². The van der Waals surface area contributed by atoms with E-state index in [-0.39, 0.29) is 0 Å². The van der Waals surface area contributed by atoms with Crippen LogP contribution in [-0.4, -0.2) is 0 Å². The second-order valence-corrected chi connectivity index (χ2v) is 4.98. The van der Waals surface area contributed by atoms with E-state index in [0.29, 0.717) is 0 Å². The smallest absolute Gasteiger partial charge is 0.0192 e. The molecule has 2 heteroatoms. The standard InChI is InChI=1S/C9H10I2/c1-5-4-8(10)6(2)7(3)9(5)11/h4H,1-3H3. The fourth-order valence-corrected chi connectivity index (χ4v) is 2.43. The van der Waals surface area contributed by atoms with Crippen LogP contribution in [-0.2, 0) is 0 Å². The van der Waals surface area contributed by atoms with Crippen molar-refractivity contribution in [3.63, 3.8) is 0 Å². The maximum absolute atomic E-state index is 2.41. The Hall–Kier alpha value is 0.680. The number of rotatable bonds is 0. The zero-order valence-electron chi connectivity index (χ0n) is 6.83. The molecule has 1 aromatic rings. The predicted molar refractivity (Wildman–Crippen MR) is 66.1 cm³/mol. The normalized spacial score (nSPS) is 10.3. The molecule has 0 aromatic heterocycles. The molecule has 0 aliphatic carbocycles. The van der Waals surface area contributed by atoms with E-state index in [2.05, 4.69) is 72.0 Å². The quantitative estimate of drug-likeness (QED) is 0.608. The van der Waals surface area contributed by atoms with Crippen molar-refractivity contribution in [2.75, 3.05) is 0 Å². The van der Waals surface area contributed by atoms with E-state index in [1.165, 1.54) is 23.8 Å². The minimum Gasteiger partial charge on any atom is -0.0446 e. The van der Waals surface area contributed by atoms with Crippen molar-refractivity contribution < 1.29 is 0 Å². The van der Waals surface area contributed by atoms with Crippen LogP contribution in [0.25, 0.3) is 0 Å². The van der Waals surface area contributed by atoms with Crippen LogP contribution in [0.15, 0.2) is 6.07 Å². The van der Waals surface area contributed by atoms with Gasteiger partial charge in [0, 0.05) is 7.14 Å². The Bertz CT molecular complexity index is 264. The lowest BCUT2D eigenvalue weighted by molar-refractivity contribution is 1.24. The van der Waals surface area contributed by atoms with Gasteiger partial charge in [-0.25, -0.2) is 0 Å². The summed E-state index contributed by atoms with van der Waals surface area (Å²) in [6.07, 6.45) is 0. The van der Waals surface area contributed by atoms with Crippen LogP contribution >= 0.6 is 45.2 Å². The first-order chi connectivity index (χ1) is 5.04. The van der Waals surface area contributed by atoms with Crippen molar-refractivity contribution in [3.8, 4) is 0 Å². The second-order valence-electron chi connectivity index (χ2n) is 2.74. The molecule has 0 aliphatic heterocycles. The molecule has 1 rings (SSSR count). The van der Waals surface area contributed by atoms with E-state index < -0.39 is 0 Å². The van der Waals surface area contributed by atoms with Crippen LogP contribution in [0.1, 0.15) is 16.7 Å². The highest BCUT2D eigenvalue weighted by atomic mass is 127. The average molecular weight is 372 g/mol. The molecule has 0 aliphatic rings. The molecule has 0 radical (unpaired) electrons. The van der Waals surface area contributed by atoms with Gasteiger partial charge in [-0.2, -0.15) is 0 Å². The van der Waals surface area contributed by atoms with Gasteiger partial charge < -0.3 is 0 Å². The van der Waals surface area contributed by atoms with Gasteiger partial charge in [0.15, 0.2) is 0 Å². The minimum absolute atomic E-state index is 1.37. The molecule has 11 heavy (non-hydrogen) atoms. The molecule has 0 N–H and O–H groups in total. The summed E-state index contributed by atoms with van der Waals surface area (Å²) >= 11 is 4.80. The Morgan fingerprint density at radius 1 is 1.00 bits per heavy atom. The summed E-state index contributed by atoms with van der Waals surface area (Å²) in [7, 11) is 0. The van der Waals surface area contributed by atoms with Crippen molar-refractivity contribution in [3.05, 3.63) is 29.9 Å². The molecule has 0 nitrogen and oxygen atoms in total. The van der Waals surface area contributed by atoms with Crippen LogP contribution in [0.3, 0.4) is 0 Å². The molecule has 0 bridgehead atoms. The van der Waals surface area contributed by atoms with Crippen LogP contribution in [0.2, 0.25) is 0 Å². The summed E-state index contributed by atoms with van der Waals surface area (Å²) in [6, 6.07) is 2.24. The van der Waals surface area contributed by atoms with Gasteiger partial charge in [-0.1, -0.05) is 0 Å². The van der Waals surface area contributed by atoms with Crippen LogP contribution in [0.4, 0.5) is 0 Å². The molecule has 0 spiro atoms. The van der Waals surface area contributed by atoms with Gasteiger partial charge in [-0.15, -0.1) is 0 Å². The zero-order valence-corrected chi connectivity index (χ0v) is 11.1. The lowest BCUT2D eigenvalue weighted by atomic mass is 10.1. The van der Waals surface area contributed by atoms with Gasteiger partial charge in [-0.05, 0) is 88.7 Å². The molecule has 60 valence electrons. The monoisotopic (exact) mass is 372 g/mol.